The molecule has 2 rings (SSSR count). The van der Waals surface area contributed by atoms with Gasteiger partial charge in [0.2, 0.25) is 0 Å². The molecule has 0 fully saturated rings. The Bertz CT molecular complexity index is 481. The molecule has 78 valence electrons. The molecule has 0 radical (unpaired) electrons. The first-order valence-corrected chi connectivity index (χ1v) is 5.78. The third-order valence-electron chi connectivity index (χ3n) is 3.27. The van der Waals surface area contributed by atoms with E-state index in [1.807, 2.05) is 0 Å². The normalized spacial score (nSPS) is 10.9. The van der Waals surface area contributed by atoms with Gasteiger partial charge in [-0.25, -0.2) is 0 Å². The lowest BCUT2D eigenvalue weighted by molar-refractivity contribution is 1.03. The average molecular weight is 198 g/mol. The van der Waals surface area contributed by atoms with Crippen LogP contribution >= 0.6 is 0 Å². The summed E-state index contributed by atoms with van der Waals surface area (Å²) in [7, 11) is 0. The summed E-state index contributed by atoms with van der Waals surface area (Å²) in [6.45, 7) is 6.74. The molecule has 0 spiro atoms. The van der Waals surface area contributed by atoms with Gasteiger partial charge in [0.15, 0.2) is 0 Å². The van der Waals surface area contributed by atoms with E-state index in [1.165, 1.54) is 27.5 Å². The summed E-state index contributed by atoms with van der Waals surface area (Å²) in [5.74, 6) is 0. The predicted molar refractivity (Wildman–Crippen MR) is 67.4 cm³/mol. The third-order valence-corrected chi connectivity index (χ3v) is 3.27. The van der Waals surface area contributed by atoms with E-state index in [2.05, 4.69) is 51.1 Å². The van der Waals surface area contributed by atoms with Crippen LogP contribution in [0.4, 0.5) is 0 Å². The molecule has 0 bridgehead atoms. The van der Waals surface area contributed by atoms with E-state index >= 15 is 0 Å². The van der Waals surface area contributed by atoms with Crippen LogP contribution in [0.3, 0.4) is 0 Å². The van der Waals surface area contributed by atoms with Gasteiger partial charge in [-0.2, -0.15) is 0 Å². The van der Waals surface area contributed by atoms with E-state index in [4.69, 9.17) is 0 Å². The van der Waals surface area contributed by atoms with Gasteiger partial charge in [0, 0.05) is 0 Å². The van der Waals surface area contributed by atoms with Gasteiger partial charge >= 0.3 is 0 Å². The first kappa shape index (κ1) is 10.2. The van der Waals surface area contributed by atoms with Gasteiger partial charge in [0.1, 0.15) is 0 Å². The topological polar surface area (TPSA) is 0 Å². The van der Waals surface area contributed by atoms with Crippen molar-refractivity contribution in [2.45, 2.75) is 33.6 Å². The highest BCUT2D eigenvalue weighted by Crippen LogP contribution is 2.26. The summed E-state index contributed by atoms with van der Waals surface area (Å²) < 4.78 is 0. The SMILES string of the molecule is CCc1cc2ccccc2c(C)c1CC. The zero-order valence-corrected chi connectivity index (χ0v) is 9.80. The van der Waals surface area contributed by atoms with E-state index in [1.54, 1.807) is 0 Å². The maximum Gasteiger partial charge on any atom is -0.0152 e. The molecule has 0 aliphatic heterocycles. The predicted octanol–water partition coefficient (Wildman–Crippen LogP) is 4.27. The van der Waals surface area contributed by atoms with Crippen molar-refractivity contribution in [3.63, 3.8) is 0 Å². The molecule has 0 amide bonds. The highest BCUT2D eigenvalue weighted by Gasteiger charge is 2.06. The molecule has 0 unspecified atom stereocenters. The molecule has 0 aliphatic carbocycles. The first-order valence-electron chi connectivity index (χ1n) is 5.78. The Labute approximate surface area is 91.9 Å². The van der Waals surface area contributed by atoms with Crippen molar-refractivity contribution in [1.82, 2.24) is 0 Å². The maximum absolute atomic E-state index is 2.35. The number of rotatable bonds is 2. The highest BCUT2D eigenvalue weighted by molar-refractivity contribution is 5.87. The fourth-order valence-electron chi connectivity index (χ4n) is 2.45. The molecule has 0 aliphatic rings. The van der Waals surface area contributed by atoms with Crippen molar-refractivity contribution in [1.29, 1.82) is 0 Å². The van der Waals surface area contributed by atoms with Crippen molar-refractivity contribution >= 4 is 10.8 Å². The van der Waals surface area contributed by atoms with Crippen molar-refractivity contribution in [3.05, 3.63) is 47.0 Å². The Morgan fingerprint density at radius 2 is 1.73 bits per heavy atom. The average Bonchev–Trinajstić information content (AvgIpc) is 2.29. The van der Waals surface area contributed by atoms with Crippen LogP contribution in [-0.4, -0.2) is 0 Å². The Morgan fingerprint density at radius 1 is 1.00 bits per heavy atom. The Hall–Kier alpha value is -1.30. The second-order valence-electron chi connectivity index (χ2n) is 4.07. The summed E-state index contributed by atoms with van der Waals surface area (Å²) in [5.41, 5.74) is 4.51. The molecule has 0 saturated heterocycles. The van der Waals surface area contributed by atoms with Crippen LogP contribution in [0.1, 0.15) is 30.5 Å². The summed E-state index contributed by atoms with van der Waals surface area (Å²) >= 11 is 0. The molecule has 0 heterocycles. The first-order chi connectivity index (χ1) is 7.27. The summed E-state index contributed by atoms with van der Waals surface area (Å²) in [6.07, 6.45) is 2.27. The standard InChI is InChI=1S/C15H18/c1-4-12-10-13-8-6-7-9-15(13)11(3)14(12)5-2/h6-10H,4-5H2,1-3H3. The van der Waals surface area contributed by atoms with Crippen LogP contribution in [-0.2, 0) is 12.8 Å². The van der Waals surface area contributed by atoms with E-state index in [0.717, 1.165) is 12.8 Å². The Morgan fingerprint density at radius 3 is 2.40 bits per heavy atom. The number of fused-ring (bicyclic) bond motifs is 1. The zero-order chi connectivity index (χ0) is 10.8. The minimum absolute atomic E-state index is 1.13. The number of hydrogen-bond acceptors (Lipinski definition) is 0. The van der Waals surface area contributed by atoms with E-state index in [0.29, 0.717) is 0 Å². The van der Waals surface area contributed by atoms with Crippen LogP contribution in [0.15, 0.2) is 30.3 Å². The van der Waals surface area contributed by atoms with Crippen molar-refractivity contribution in [3.8, 4) is 0 Å². The lowest BCUT2D eigenvalue weighted by Crippen LogP contribution is -1.96. The minimum Gasteiger partial charge on any atom is -0.0616 e. The molecule has 2 aromatic rings. The van der Waals surface area contributed by atoms with Crippen molar-refractivity contribution < 1.29 is 0 Å². The van der Waals surface area contributed by atoms with Gasteiger partial charge in [0.05, 0.1) is 0 Å². The fraction of sp³-hybridized carbons (Fsp3) is 0.333. The van der Waals surface area contributed by atoms with Crippen LogP contribution in [0, 0.1) is 6.92 Å². The molecular weight excluding hydrogens is 180 g/mol. The molecular formula is C15H18. The van der Waals surface area contributed by atoms with Crippen LogP contribution in [0.2, 0.25) is 0 Å². The molecule has 0 aromatic heterocycles. The van der Waals surface area contributed by atoms with Gasteiger partial charge in [-0.05, 0) is 47.2 Å². The van der Waals surface area contributed by atoms with Gasteiger partial charge in [0.25, 0.3) is 0 Å². The highest BCUT2D eigenvalue weighted by atomic mass is 14.1. The fourth-order valence-corrected chi connectivity index (χ4v) is 2.45. The lowest BCUT2D eigenvalue weighted by Gasteiger charge is -2.13. The van der Waals surface area contributed by atoms with E-state index in [9.17, 15) is 0 Å². The summed E-state index contributed by atoms with van der Waals surface area (Å²) in [6, 6.07) is 11.0. The van der Waals surface area contributed by atoms with Crippen LogP contribution < -0.4 is 0 Å². The zero-order valence-electron chi connectivity index (χ0n) is 9.80. The van der Waals surface area contributed by atoms with Gasteiger partial charge < -0.3 is 0 Å². The molecule has 15 heavy (non-hydrogen) atoms. The molecule has 0 atom stereocenters. The second kappa shape index (κ2) is 4.06. The van der Waals surface area contributed by atoms with E-state index < -0.39 is 0 Å². The number of aryl methyl sites for hydroxylation is 2. The van der Waals surface area contributed by atoms with Gasteiger partial charge in [-0.3, -0.25) is 0 Å². The van der Waals surface area contributed by atoms with Crippen molar-refractivity contribution in [2.24, 2.45) is 0 Å². The Kier molecular flexibility index (Phi) is 2.77. The largest absolute Gasteiger partial charge is 0.0616 e. The van der Waals surface area contributed by atoms with Gasteiger partial charge in [-0.15, -0.1) is 0 Å². The molecule has 2 aromatic carbocycles. The number of hydrogen-bond donors (Lipinski definition) is 0. The van der Waals surface area contributed by atoms with Crippen molar-refractivity contribution in [2.75, 3.05) is 0 Å². The van der Waals surface area contributed by atoms with Crippen LogP contribution in [0.25, 0.3) is 10.8 Å². The molecule has 0 saturated carbocycles. The minimum atomic E-state index is 1.13. The number of benzene rings is 2. The van der Waals surface area contributed by atoms with Crippen LogP contribution in [0.5, 0.6) is 0 Å². The summed E-state index contributed by atoms with van der Waals surface area (Å²) in [5, 5.41) is 2.79. The summed E-state index contributed by atoms with van der Waals surface area (Å²) in [4.78, 5) is 0. The van der Waals surface area contributed by atoms with Gasteiger partial charge in [-0.1, -0.05) is 44.2 Å². The third kappa shape index (κ3) is 1.65. The quantitative estimate of drug-likeness (QED) is 0.676. The van der Waals surface area contributed by atoms with E-state index in [-0.39, 0.29) is 0 Å². The molecule has 0 heteroatoms. The molecule has 0 nitrogen and oxygen atoms in total. The lowest BCUT2D eigenvalue weighted by atomic mass is 9.92. The monoisotopic (exact) mass is 198 g/mol. The second-order valence-corrected chi connectivity index (χ2v) is 4.07. The Balaban J connectivity index is 2.81. The molecule has 0 N–H and O–H groups in total. The smallest absolute Gasteiger partial charge is 0.0152 e. The maximum atomic E-state index is 2.35.